The Morgan fingerprint density at radius 1 is 1.50 bits per heavy atom. The van der Waals surface area contributed by atoms with E-state index in [9.17, 15) is 0 Å². The lowest BCUT2D eigenvalue weighted by atomic mass is 10.4. The minimum atomic E-state index is 0.372. The van der Waals surface area contributed by atoms with E-state index in [4.69, 9.17) is 17.4 Å². The van der Waals surface area contributed by atoms with Gasteiger partial charge in [-0.1, -0.05) is 11.6 Å². The van der Waals surface area contributed by atoms with Gasteiger partial charge in [0, 0.05) is 13.1 Å². The highest BCUT2D eigenvalue weighted by molar-refractivity contribution is 6.32. The molecule has 0 saturated heterocycles. The van der Waals surface area contributed by atoms with Crippen molar-refractivity contribution in [2.24, 2.45) is 5.84 Å². The number of halogens is 1. The smallest absolute Gasteiger partial charge is 0.239 e. The van der Waals surface area contributed by atoms with Crippen molar-refractivity contribution in [3.63, 3.8) is 0 Å². The molecular weight excluding hydrogens is 202 g/mol. The number of aromatic nitrogens is 2. The van der Waals surface area contributed by atoms with Gasteiger partial charge in [0.15, 0.2) is 5.82 Å². The van der Waals surface area contributed by atoms with Gasteiger partial charge in [-0.3, -0.25) is 5.43 Å². The first-order chi connectivity index (χ1) is 6.72. The normalized spacial score (nSPS) is 10.0. The third-order valence-electron chi connectivity index (χ3n) is 1.92. The van der Waals surface area contributed by atoms with Gasteiger partial charge in [0.25, 0.3) is 0 Å². The second kappa shape index (κ2) is 4.97. The van der Waals surface area contributed by atoms with E-state index in [1.807, 2.05) is 18.7 Å². The number of hydrogen-bond acceptors (Lipinski definition) is 5. The van der Waals surface area contributed by atoms with Crippen LogP contribution in [-0.2, 0) is 0 Å². The first-order valence-electron chi connectivity index (χ1n) is 4.47. The summed E-state index contributed by atoms with van der Waals surface area (Å²) in [5.74, 6) is 6.29. The molecule has 0 amide bonds. The molecule has 1 rings (SSSR count). The molecule has 1 heterocycles. The first kappa shape index (κ1) is 11.0. The Morgan fingerprint density at radius 2 is 2.14 bits per heavy atom. The standard InChI is InChI=1S/C8H14ClN5/c1-3-14(4-2)7-6(9)5-11-8(12-7)13-10/h5H,3-4,10H2,1-2H3,(H,11,12,13). The fourth-order valence-corrected chi connectivity index (χ4v) is 1.38. The quantitative estimate of drug-likeness (QED) is 0.585. The molecule has 0 aliphatic carbocycles. The van der Waals surface area contributed by atoms with E-state index in [-0.39, 0.29) is 0 Å². The van der Waals surface area contributed by atoms with Crippen LogP contribution in [0.1, 0.15) is 13.8 Å². The summed E-state index contributed by atoms with van der Waals surface area (Å²) in [4.78, 5) is 10.1. The van der Waals surface area contributed by atoms with Crippen LogP contribution in [0.25, 0.3) is 0 Å². The zero-order chi connectivity index (χ0) is 10.6. The molecule has 0 aliphatic heterocycles. The Bertz CT molecular complexity index is 300. The van der Waals surface area contributed by atoms with Crippen molar-refractivity contribution in [1.82, 2.24) is 9.97 Å². The summed E-state index contributed by atoms with van der Waals surface area (Å²) in [6.45, 7) is 5.77. The van der Waals surface area contributed by atoms with E-state index in [2.05, 4.69) is 15.4 Å². The molecule has 6 heteroatoms. The number of rotatable bonds is 4. The highest BCUT2D eigenvalue weighted by atomic mass is 35.5. The van der Waals surface area contributed by atoms with Crippen LogP contribution in [0, 0.1) is 0 Å². The fourth-order valence-electron chi connectivity index (χ4n) is 1.17. The van der Waals surface area contributed by atoms with Gasteiger partial charge in [-0.25, -0.2) is 10.8 Å². The lowest BCUT2D eigenvalue weighted by Gasteiger charge is -2.20. The Balaban J connectivity index is 3.04. The maximum Gasteiger partial charge on any atom is 0.239 e. The maximum atomic E-state index is 5.97. The first-order valence-corrected chi connectivity index (χ1v) is 4.84. The highest BCUT2D eigenvalue weighted by Gasteiger charge is 2.09. The molecule has 0 unspecified atom stereocenters. The molecule has 78 valence electrons. The van der Waals surface area contributed by atoms with Gasteiger partial charge < -0.3 is 4.90 Å². The molecule has 14 heavy (non-hydrogen) atoms. The summed E-state index contributed by atoms with van der Waals surface area (Å²) in [5.41, 5.74) is 2.39. The van der Waals surface area contributed by atoms with Crippen molar-refractivity contribution in [3.8, 4) is 0 Å². The molecular formula is C8H14ClN5. The molecule has 0 fully saturated rings. The Labute approximate surface area is 88.3 Å². The number of hydrogen-bond donors (Lipinski definition) is 2. The predicted octanol–water partition coefficient (Wildman–Crippen LogP) is 1.26. The van der Waals surface area contributed by atoms with Crippen LogP contribution >= 0.6 is 11.6 Å². The summed E-state index contributed by atoms with van der Waals surface area (Å²) in [6.07, 6.45) is 1.54. The van der Waals surface area contributed by atoms with Crippen LogP contribution in [-0.4, -0.2) is 23.1 Å². The molecule has 0 saturated carbocycles. The molecule has 1 aromatic heterocycles. The van der Waals surface area contributed by atoms with Gasteiger partial charge in [-0.2, -0.15) is 4.98 Å². The van der Waals surface area contributed by atoms with E-state index in [1.165, 1.54) is 6.20 Å². The molecule has 0 spiro atoms. The summed E-state index contributed by atoms with van der Waals surface area (Å²) in [6, 6.07) is 0. The van der Waals surface area contributed by atoms with Crippen molar-refractivity contribution in [2.45, 2.75) is 13.8 Å². The summed E-state index contributed by atoms with van der Waals surface area (Å²) in [5, 5.41) is 0.535. The zero-order valence-electron chi connectivity index (χ0n) is 8.29. The average Bonchev–Trinajstić information content (AvgIpc) is 2.22. The molecule has 0 aliphatic rings. The van der Waals surface area contributed by atoms with E-state index in [0.717, 1.165) is 13.1 Å². The van der Waals surface area contributed by atoms with Crippen LogP contribution in [0.4, 0.5) is 11.8 Å². The van der Waals surface area contributed by atoms with Crippen molar-refractivity contribution in [2.75, 3.05) is 23.4 Å². The minimum absolute atomic E-state index is 0.372. The largest absolute Gasteiger partial charge is 0.356 e. The van der Waals surface area contributed by atoms with Crippen LogP contribution in [0.2, 0.25) is 5.02 Å². The van der Waals surface area contributed by atoms with E-state index >= 15 is 0 Å². The monoisotopic (exact) mass is 215 g/mol. The topological polar surface area (TPSA) is 67.1 Å². The van der Waals surface area contributed by atoms with Crippen molar-refractivity contribution < 1.29 is 0 Å². The zero-order valence-corrected chi connectivity index (χ0v) is 9.04. The molecule has 0 aromatic carbocycles. The molecule has 0 atom stereocenters. The second-order valence-corrected chi connectivity index (χ2v) is 3.09. The number of nitrogens with one attached hydrogen (secondary N) is 1. The molecule has 3 N–H and O–H groups in total. The Hall–Kier alpha value is -1.07. The number of nitrogen functional groups attached to an aromatic ring is 1. The molecule has 5 nitrogen and oxygen atoms in total. The van der Waals surface area contributed by atoms with Crippen molar-refractivity contribution in [3.05, 3.63) is 11.2 Å². The Kier molecular flexibility index (Phi) is 3.91. The lowest BCUT2D eigenvalue weighted by Crippen LogP contribution is -2.24. The molecule has 1 aromatic rings. The second-order valence-electron chi connectivity index (χ2n) is 2.68. The predicted molar refractivity (Wildman–Crippen MR) is 58.4 cm³/mol. The van der Waals surface area contributed by atoms with Gasteiger partial charge in [0.05, 0.1) is 6.20 Å². The third kappa shape index (κ3) is 2.24. The van der Waals surface area contributed by atoms with Crippen molar-refractivity contribution >= 4 is 23.4 Å². The lowest BCUT2D eigenvalue weighted by molar-refractivity contribution is 0.842. The SMILES string of the molecule is CCN(CC)c1nc(NN)ncc1Cl. The average molecular weight is 216 g/mol. The van der Waals surface area contributed by atoms with Crippen LogP contribution < -0.4 is 16.2 Å². The van der Waals surface area contributed by atoms with Crippen molar-refractivity contribution in [1.29, 1.82) is 0 Å². The van der Waals surface area contributed by atoms with E-state index < -0.39 is 0 Å². The Morgan fingerprint density at radius 3 is 2.64 bits per heavy atom. The number of hydrazine groups is 1. The molecule has 0 radical (unpaired) electrons. The van der Waals surface area contributed by atoms with Crippen LogP contribution in [0.3, 0.4) is 0 Å². The highest BCUT2D eigenvalue weighted by Crippen LogP contribution is 2.22. The van der Waals surface area contributed by atoms with Crippen LogP contribution in [0.5, 0.6) is 0 Å². The summed E-state index contributed by atoms with van der Waals surface area (Å²) < 4.78 is 0. The summed E-state index contributed by atoms with van der Waals surface area (Å²) >= 11 is 5.97. The third-order valence-corrected chi connectivity index (χ3v) is 2.18. The van der Waals surface area contributed by atoms with Gasteiger partial charge in [0.2, 0.25) is 5.95 Å². The summed E-state index contributed by atoms with van der Waals surface area (Å²) in [7, 11) is 0. The van der Waals surface area contributed by atoms with E-state index in [0.29, 0.717) is 16.8 Å². The van der Waals surface area contributed by atoms with E-state index in [1.54, 1.807) is 0 Å². The van der Waals surface area contributed by atoms with Crippen LogP contribution in [0.15, 0.2) is 6.20 Å². The van der Waals surface area contributed by atoms with Gasteiger partial charge in [-0.15, -0.1) is 0 Å². The minimum Gasteiger partial charge on any atom is -0.356 e. The molecule has 0 bridgehead atoms. The number of anilines is 2. The van der Waals surface area contributed by atoms with Gasteiger partial charge >= 0.3 is 0 Å². The number of nitrogens with zero attached hydrogens (tertiary/aromatic N) is 3. The number of nitrogens with two attached hydrogens (primary N) is 1. The fraction of sp³-hybridized carbons (Fsp3) is 0.500. The van der Waals surface area contributed by atoms with Gasteiger partial charge in [-0.05, 0) is 13.8 Å². The maximum absolute atomic E-state index is 5.97. The van der Waals surface area contributed by atoms with Gasteiger partial charge in [0.1, 0.15) is 5.02 Å².